The van der Waals surface area contributed by atoms with Crippen LogP contribution in [-0.4, -0.2) is 16.2 Å². The van der Waals surface area contributed by atoms with Gasteiger partial charge in [-0.25, -0.2) is 10.4 Å². The predicted octanol–water partition coefficient (Wildman–Crippen LogP) is 5.73. The largest absolute Gasteiger partial charge is 0.290 e. The molecule has 0 radical (unpaired) electrons. The van der Waals surface area contributed by atoms with Crippen molar-refractivity contribution >= 4 is 35.4 Å². The molecule has 0 spiro atoms. The molecule has 0 bridgehead atoms. The molecule has 0 saturated heterocycles. The van der Waals surface area contributed by atoms with Crippen LogP contribution in [0.1, 0.15) is 11.1 Å². The summed E-state index contributed by atoms with van der Waals surface area (Å²) < 4.78 is 0. The van der Waals surface area contributed by atoms with Gasteiger partial charge >= 0.3 is 0 Å². The normalized spacial score (nSPS) is 10.8. The van der Waals surface area contributed by atoms with Crippen LogP contribution < -0.4 is 11.0 Å². The van der Waals surface area contributed by atoms with Crippen molar-refractivity contribution in [3.05, 3.63) is 104 Å². The number of aromatic amines is 1. The molecule has 0 amide bonds. The van der Waals surface area contributed by atoms with Crippen LogP contribution in [0.4, 0.5) is 5.95 Å². The van der Waals surface area contributed by atoms with Crippen molar-refractivity contribution in [1.29, 1.82) is 5.26 Å². The Morgan fingerprint density at radius 3 is 2.47 bits per heavy atom. The molecule has 1 aromatic heterocycles. The molecule has 6 nitrogen and oxygen atoms in total. The number of aromatic nitrogens is 2. The van der Waals surface area contributed by atoms with Gasteiger partial charge in [0.15, 0.2) is 0 Å². The lowest BCUT2D eigenvalue weighted by atomic mass is 10.0. The molecule has 4 rings (SSSR count). The number of hydrogen-bond donors (Lipinski definition) is 2. The van der Waals surface area contributed by atoms with Gasteiger partial charge in [0.05, 0.1) is 22.0 Å². The second-order valence-corrected chi connectivity index (χ2v) is 7.52. The topological polar surface area (TPSA) is 93.9 Å². The van der Waals surface area contributed by atoms with Crippen molar-refractivity contribution in [3.8, 4) is 28.5 Å². The molecule has 0 unspecified atom stereocenters. The molecule has 32 heavy (non-hydrogen) atoms. The lowest BCUT2D eigenvalue weighted by Crippen LogP contribution is -2.16. The van der Waals surface area contributed by atoms with Crippen molar-refractivity contribution in [2.75, 3.05) is 5.43 Å². The molecule has 156 valence electrons. The molecule has 0 aliphatic heterocycles. The minimum absolute atomic E-state index is 0.0595. The Balaban J connectivity index is 1.65. The molecule has 1 heterocycles. The molecule has 0 fully saturated rings. The fourth-order valence-corrected chi connectivity index (χ4v) is 3.43. The van der Waals surface area contributed by atoms with Crippen LogP contribution in [0.15, 0.2) is 82.7 Å². The first-order valence-electron chi connectivity index (χ1n) is 9.50. The molecule has 0 atom stereocenters. The van der Waals surface area contributed by atoms with Gasteiger partial charge in [0.25, 0.3) is 5.56 Å². The highest BCUT2D eigenvalue weighted by Gasteiger charge is 2.13. The van der Waals surface area contributed by atoms with Crippen LogP contribution in [0.3, 0.4) is 0 Å². The summed E-state index contributed by atoms with van der Waals surface area (Å²) >= 11 is 12.2. The number of H-pyrrole nitrogens is 1. The lowest BCUT2D eigenvalue weighted by Gasteiger charge is -2.08. The van der Waals surface area contributed by atoms with Gasteiger partial charge in [-0.15, -0.1) is 0 Å². The molecular weight excluding hydrogens is 445 g/mol. The molecule has 0 saturated carbocycles. The van der Waals surface area contributed by atoms with Gasteiger partial charge in [-0.3, -0.25) is 9.78 Å². The molecule has 8 heteroatoms. The van der Waals surface area contributed by atoms with E-state index < -0.39 is 5.56 Å². The van der Waals surface area contributed by atoms with E-state index in [2.05, 4.69) is 20.5 Å². The first-order valence-corrected chi connectivity index (χ1v) is 10.3. The Morgan fingerprint density at radius 2 is 1.72 bits per heavy atom. The standard InChI is InChI=1S/C24H15Cl2N5O/c25-20-11-10-16(12-21(20)26)18-9-5-4-8-17(18)14-28-31-24-29-22(15-6-2-1-3-7-15)19(13-27)23(32)30-24/h1-12,14H,(H2,29,30,31,32). The van der Waals surface area contributed by atoms with Crippen LogP contribution in [-0.2, 0) is 0 Å². The Bertz CT molecular complexity index is 1410. The third-order valence-corrected chi connectivity index (χ3v) is 5.38. The van der Waals surface area contributed by atoms with E-state index in [1.54, 1.807) is 30.5 Å². The Hall–Kier alpha value is -3.92. The summed E-state index contributed by atoms with van der Waals surface area (Å²) in [5.74, 6) is 0.121. The summed E-state index contributed by atoms with van der Waals surface area (Å²) in [6, 6.07) is 24.0. The second-order valence-electron chi connectivity index (χ2n) is 6.70. The summed E-state index contributed by atoms with van der Waals surface area (Å²) in [7, 11) is 0. The fourth-order valence-electron chi connectivity index (χ4n) is 3.13. The van der Waals surface area contributed by atoms with Gasteiger partial charge in [-0.1, -0.05) is 83.9 Å². The predicted molar refractivity (Wildman–Crippen MR) is 128 cm³/mol. The number of hydrazone groups is 1. The zero-order valence-electron chi connectivity index (χ0n) is 16.5. The molecule has 2 N–H and O–H groups in total. The Kier molecular flexibility index (Phi) is 6.31. The zero-order chi connectivity index (χ0) is 22.5. The number of nitriles is 1. The summed E-state index contributed by atoms with van der Waals surface area (Å²) in [6.07, 6.45) is 1.61. The molecule has 0 aliphatic rings. The average molecular weight is 460 g/mol. The van der Waals surface area contributed by atoms with Gasteiger partial charge < -0.3 is 0 Å². The van der Waals surface area contributed by atoms with Gasteiger partial charge in [-0.05, 0) is 23.3 Å². The number of hydrogen-bond acceptors (Lipinski definition) is 5. The van der Waals surface area contributed by atoms with Gasteiger partial charge in [0.1, 0.15) is 11.6 Å². The van der Waals surface area contributed by atoms with E-state index >= 15 is 0 Å². The number of nitrogens with one attached hydrogen (secondary N) is 2. The number of halogens is 2. The smallest absolute Gasteiger partial charge is 0.270 e. The lowest BCUT2D eigenvalue weighted by molar-refractivity contribution is 1.08. The Morgan fingerprint density at radius 1 is 0.969 bits per heavy atom. The highest BCUT2D eigenvalue weighted by atomic mass is 35.5. The van der Waals surface area contributed by atoms with Crippen LogP contribution in [0.25, 0.3) is 22.4 Å². The molecule has 3 aromatic carbocycles. The Labute approximate surface area is 193 Å². The van der Waals surface area contributed by atoms with Crippen molar-refractivity contribution < 1.29 is 0 Å². The second kappa shape index (κ2) is 9.48. The van der Waals surface area contributed by atoms with Gasteiger partial charge in [0, 0.05) is 11.1 Å². The third kappa shape index (κ3) is 4.54. The number of benzene rings is 3. The monoisotopic (exact) mass is 459 g/mol. The van der Waals surface area contributed by atoms with E-state index in [4.69, 9.17) is 23.2 Å². The summed E-state index contributed by atoms with van der Waals surface area (Å²) in [4.78, 5) is 19.3. The van der Waals surface area contributed by atoms with Gasteiger partial charge in [-0.2, -0.15) is 10.4 Å². The van der Waals surface area contributed by atoms with Crippen molar-refractivity contribution in [3.63, 3.8) is 0 Å². The summed E-state index contributed by atoms with van der Waals surface area (Å²) in [5, 5.41) is 14.5. The highest BCUT2D eigenvalue weighted by Crippen LogP contribution is 2.30. The van der Waals surface area contributed by atoms with Crippen molar-refractivity contribution in [1.82, 2.24) is 9.97 Å². The third-order valence-electron chi connectivity index (χ3n) is 4.64. The van der Waals surface area contributed by atoms with E-state index in [0.717, 1.165) is 16.7 Å². The molecular formula is C24H15Cl2N5O. The summed E-state index contributed by atoms with van der Waals surface area (Å²) in [6.45, 7) is 0. The van der Waals surface area contributed by atoms with Crippen LogP contribution in [0, 0.1) is 11.3 Å². The van der Waals surface area contributed by atoms with Crippen molar-refractivity contribution in [2.45, 2.75) is 0 Å². The number of nitrogens with zero attached hydrogens (tertiary/aromatic N) is 3. The van der Waals surface area contributed by atoms with Crippen LogP contribution in [0.2, 0.25) is 10.0 Å². The van der Waals surface area contributed by atoms with Gasteiger partial charge in [0.2, 0.25) is 5.95 Å². The minimum Gasteiger partial charge on any atom is -0.290 e. The number of rotatable bonds is 5. The van der Waals surface area contributed by atoms with E-state index in [0.29, 0.717) is 15.6 Å². The van der Waals surface area contributed by atoms with E-state index in [9.17, 15) is 10.1 Å². The van der Waals surface area contributed by atoms with Crippen LogP contribution >= 0.6 is 23.2 Å². The number of anilines is 1. The molecule has 4 aromatic rings. The molecule has 0 aliphatic carbocycles. The van der Waals surface area contributed by atoms with Crippen molar-refractivity contribution in [2.24, 2.45) is 5.10 Å². The van der Waals surface area contributed by atoms with E-state index in [-0.39, 0.29) is 17.2 Å². The minimum atomic E-state index is -0.546. The SMILES string of the molecule is N#Cc1c(-c2ccccc2)nc(NN=Cc2ccccc2-c2ccc(Cl)c(Cl)c2)[nH]c1=O. The maximum absolute atomic E-state index is 12.4. The first kappa shape index (κ1) is 21.3. The van der Waals surface area contributed by atoms with Crippen LogP contribution in [0.5, 0.6) is 0 Å². The quantitative estimate of drug-likeness (QED) is 0.294. The fraction of sp³-hybridized carbons (Fsp3) is 0. The summed E-state index contributed by atoms with van der Waals surface area (Å²) in [5.41, 5.74) is 5.69. The maximum atomic E-state index is 12.4. The average Bonchev–Trinajstić information content (AvgIpc) is 2.81. The highest BCUT2D eigenvalue weighted by molar-refractivity contribution is 6.42. The zero-order valence-corrected chi connectivity index (χ0v) is 18.0. The van der Waals surface area contributed by atoms with E-state index in [1.807, 2.05) is 54.6 Å². The maximum Gasteiger partial charge on any atom is 0.270 e. The first-order chi connectivity index (χ1) is 15.6. The van der Waals surface area contributed by atoms with E-state index in [1.165, 1.54) is 0 Å².